The summed E-state index contributed by atoms with van der Waals surface area (Å²) in [7, 11) is 1.62. The molecule has 0 saturated heterocycles. The summed E-state index contributed by atoms with van der Waals surface area (Å²) < 4.78 is 7.24. The topological polar surface area (TPSA) is 68.5 Å². The molecule has 0 fully saturated rings. The molecule has 4 aromatic rings. The number of benzene rings is 2. The predicted molar refractivity (Wildman–Crippen MR) is 122 cm³/mol. The largest absolute Gasteiger partial charge is 0.497 e. The molecule has 2 aromatic heterocycles. The molecule has 0 aliphatic carbocycles. The summed E-state index contributed by atoms with van der Waals surface area (Å²) in [6, 6.07) is 13.7. The quantitative estimate of drug-likeness (QED) is 0.448. The van der Waals surface area contributed by atoms with Gasteiger partial charge in [0, 0.05) is 23.2 Å². The molecule has 0 bridgehead atoms. The van der Waals surface area contributed by atoms with Crippen LogP contribution in [0, 0.1) is 20.8 Å². The van der Waals surface area contributed by atoms with Gasteiger partial charge in [0.25, 0.3) is 0 Å². The van der Waals surface area contributed by atoms with E-state index in [4.69, 9.17) is 4.74 Å². The number of nitrogens with zero attached hydrogens (tertiary/aromatic N) is 3. The standard InChI is InChI=1S/C23H24N4O2S/c1-14-11-16(3)22-19(12-14)15(2)13-20-25-26-23(27(20)22)30-10-9-21(28)24-17-5-7-18(29-4)8-6-17/h5-8,11-13H,9-10H2,1-4H3,(H,24,28). The van der Waals surface area contributed by atoms with Gasteiger partial charge in [-0.25, -0.2) is 0 Å². The van der Waals surface area contributed by atoms with E-state index in [-0.39, 0.29) is 5.91 Å². The first-order valence-corrected chi connectivity index (χ1v) is 10.8. The molecule has 1 amide bonds. The maximum Gasteiger partial charge on any atom is 0.225 e. The smallest absolute Gasteiger partial charge is 0.225 e. The Bertz CT molecular complexity index is 1230. The number of rotatable bonds is 6. The number of pyridine rings is 1. The monoisotopic (exact) mass is 420 g/mol. The van der Waals surface area contributed by atoms with Crippen LogP contribution in [0.5, 0.6) is 5.75 Å². The maximum absolute atomic E-state index is 12.3. The number of hydrogen-bond acceptors (Lipinski definition) is 5. The Morgan fingerprint density at radius 3 is 2.57 bits per heavy atom. The van der Waals surface area contributed by atoms with Gasteiger partial charge in [-0.15, -0.1) is 10.2 Å². The third kappa shape index (κ3) is 3.98. The Kier molecular flexibility index (Phi) is 5.63. The highest BCUT2D eigenvalue weighted by atomic mass is 32.2. The van der Waals surface area contributed by atoms with Crippen LogP contribution in [0.4, 0.5) is 5.69 Å². The second-order valence-corrected chi connectivity index (χ2v) is 8.42. The van der Waals surface area contributed by atoms with Crippen LogP contribution in [0.3, 0.4) is 0 Å². The Labute approximate surface area is 179 Å². The lowest BCUT2D eigenvalue weighted by atomic mass is 10.0. The molecule has 7 heteroatoms. The highest BCUT2D eigenvalue weighted by Gasteiger charge is 2.14. The average molecular weight is 421 g/mol. The second-order valence-electron chi connectivity index (χ2n) is 7.36. The third-order valence-electron chi connectivity index (χ3n) is 5.03. The number of aromatic nitrogens is 3. The summed E-state index contributed by atoms with van der Waals surface area (Å²) >= 11 is 1.54. The molecule has 4 rings (SSSR count). The van der Waals surface area contributed by atoms with Crippen molar-refractivity contribution in [1.82, 2.24) is 14.6 Å². The van der Waals surface area contributed by atoms with Crippen LogP contribution in [0.2, 0.25) is 0 Å². The summed E-state index contributed by atoms with van der Waals surface area (Å²) in [6.07, 6.45) is 0.382. The van der Waals surface area contributed by atoms with E-state index < -0.39 is 0 Å². The highest BCUT2D eigenvalue weighted by molar-refractivity contribution is 7.99. The lowest BCUT2D eigenvalue weighted by molar-refractivity contribution is -0.115. The van der Waals surface area contributed by atoms with Gasteiger partial charge in [0.05, 0.1) is 12.6 Å². The van der Waals surface area contributed by atoms with Crippen molar-refractivity contribution in [3.63, 3.8) is 0 Å². The number of aryl methyl sites for hydroxylation is 3. The number of carbonyl (C=O) groups excluding carboxylic acids is 1. The van der Waals surface area contributed by atoms with Gasteiger partial charge >= 0.3 is 0 Å². The summed E-state index contributed by atoms with van der Waals surface area (Å²) in [5, 5.41) is 13.7. The fourth-order valence-corrected chi connectivity index (χ4v) is 4.52. The number of carbonyl (C=O) groups is 1. The number of fused-ring (bicyclic) bond motifs is 3. The zero-order valence-electron chi connectivity index (χ0n) is 17.5. The number of hydrogen-bond donors (Lipinski definition) is 1. The maximum atomic E-state index is 12.3. The Morgan fingerprint density at radius 2 is 1.83 bits per heavy atom. The first-order chi connectivity index (χ1) is 14.5. The molecular weight excluding hydrogens is 396 g/mol. The van der Waals surface area contributed by atoms with Crippen molar-refractivity contribution in [2.45, 2.75) is 32.3 Å². The van der Waals surface area contributed by atoms with Crippen LogP contribution in [0.1, 0.15) is 23.1 Å². The highest BCUT2D eigenvalue weighted by Crippen LogP contribution is 2.29. The van der Waals surface area contributed by atoms with E-state index in [2.05, 4.69) is 58.9 Å². The van der Waals surface area contributed by atoms with Crippen molar-refractivity contribution in [3.8, 4) is 5.75 Å². The van der Waals surface area contributed by atoms with Crippen LogP contribution in [0.25, 0.3) is 16.6 Å². The Morgan fingerprint density at radius 1 is 1.07 bits per heavy atom. The molecule has 0 spiro atoms. The van der Waals surface area contributed by atoms with Gasteiger partial charge in [-0.3, -0.25) is 9.20 Å². The lowest BCUT2D eigenvalue weighted by Gasteiger charge is -2.11. The molecule has 2 aromatic carbocycles. The summed E-state index contributed by atoms with van der Waals surface area (Å²) in [5.41, 5.74) is 6.33. The van der Waals surface area contributed by atoms with Gasteiger partial charge < -0.3 is 10.1 Å². The molecule has 30 heavy (non-hydrogen) atoms. The van der Waals surface area contributed by atoms with Gasteiger partial charge in [-0.1, -0.05) is 23.4 Å². The zero-order chi connectivity index (χ0) is 21.3. The van der Waals surface area contributed by atoms with Crippen molar-refractivity contribution < 1.29 is 9.53 Å². The number of ether oxygens (including phenoxy) is 1. The van der Waals surface area contributed by atoms with Gasteiger partial charge in [-0.2, -0.15) is 0 Å². The molecule has 1 N–H and O–H groups in total. The van der Waals surface area contributed by atoms with E-state index in [0.717, 1.165) is 27.8 Å². The van der Waals surface area contributed by atoms with Crippen molar-refractivity contribution in [2.75, 3.05) is 18.2 Å². The third-order valence-corrected chi connectivity index (χ3v) is 5.96. The number of nitrogens with one attached hydrogen (secondary N) is 1. The minimum absolute atomic E-state index is 0.0333. The van der Waals surface area contributed by atoms with Crippen molar-refractivity contribution in [2.24, 2.45) is 0 Å². The molecule has 154 valence electrons. The summed E-state index contributed by atoms with van der Waals surface area (Å²) in [6.45, 7) is 6.33. The number of anilines is 1. The number of thioether (sulfide) groups is 1. The van der Waals surface area contributed by atoms with Crippen molar-refractivity contribution >= 4 is 39.9 Å². The molecule has 6 nitrogen and oxygen atoms in total. The zero-order valence-corrected chi connectivity index (χ0v) is 18.3. The first-order valence-electron chi connectivity index (χ1n) is 9.78. The molecule has 0 atom stereocenters. The van der Waals surface area contributed by atoms with Gasteiger partial charge in [-0.05, 0) is 68.3 Å². The number of methoxy groups -OCH3 is 1. The van der Waals surface area contributed by atoms with Crippen LogP contribution >= 0.6 is 11.8 Å². The van der Waals surface area contributed by atoms with Crippen LogP contribution in [0.15, 0.2) is 47.6 Å². The molecular formula is C23H24N4O2S. The fourth-order valence-electron chi connectivity index (χ4n) is 3.64. The predicted octanol–water partition coefficient (Wildman–Crippen LogP) is 4.94. The minimum Gasteiger partial charge on any atom is -0.497 e. The normalized spacial score (nSPS) is 11.2. The summed E-state index contributed by atoms with van der Waals surface area (Å²) in [5.74, 6) is 1.34. The van der Waals surface area contributed by atoms with Gasteiger partial charge in [0.15, 0.2) is 10.8 Å². The van der Waals surface area contributed by atoms with E-state index in [9.17, 15) is 4.79 Å². The van der Waals surface area contributed by atoms with Crippen LogP contribution in [-0.4, -0.2) is 33.4 Å². The van der Waals surface area contributed by atoms with Crippen molar-refractivity contribution in [3.05, 3.63) is 59.2 Å². The molecule has 0 radical (unpaired) electrons. The van der Waals surface area contributed by atoms with E-state index in [1.165, 1.54) is 22.1 Å². The van der Waals surface area contributed by atoms with E-state index in [1.807, 2.05) is 24.3 Å². The first kappa shape index (κ1) is 20.2. The van der Waals surface area contributed by atoms with Gasteiger partial charge in [0.1, 0.15) is 5.75 Å². The molecule has 0 unspecified atom stereocenters. The Hall–Kier alpha value is -3.06. The molecule has 0 aliphatic heterocycles. The SMILES string of the molecule is COc1ccc(NC(=O)CCSc2nnc3cc(C)c4cc(C)cc(C)c4n23)cc1. The fraction of sp³-hybridized carbons (Fsp3) is 0.261. The van der Waals surface area contributed by atoms with E-state index >= 15 is 0 Å². The van der Waals surface area contributed by atoms with Crippen LogP contribution in [-0.2, 0) is 4.79 Å². The minimum atomic E-state index is -0.0333. The molecule has 2 heterocycles. The second kappa shape index (κ2) is 8.36. The van der Waals surface area contributed by atoms with E-state index in [1.54, 1.807) is 18.9 Å². The number of amides is 1. The summed E-state index contributed by atoms with van der Waals surface area (Å²) in [4.78, 5) is 12.3. The van der Waals surface area contributed by atoms with Crippen molar-refractivity contribution in [1.29, 1.82) is 0 Å². The molecule has 0 saturated carbocycles. The Balaban J connectivity index is 1.50. The van der Waals surface area contributed by atoms with Crippen LogP contribution < -0.4 is 10.1 Å². The average Bonchev–Trinajstić information content (AvgIpc) is 3.11. The molecule has 0 aliphatic rings. The van der Waals surface area contributed by atoms with E-state index in [0.29, 0.717) is 12.2 Å². The van der Waals surface area contributed by atoms with Gasteiger partial charge in [0.2, 0.25) is 5.91 Å². The lowest BCUT2D eigenvalue weighted by Crippen LogP contribution is -2.12.